The molecule has 0 saturated heterocycles. The topological polar surface area (TPSA) is 52.8 Å². The minimum absolute atomic E-state index is 0.0318. The van der Waals surface area contributed by atoms with E-state index in [2.05, 4.69) is 4.99 Å². The fourth-order valence-electron chi connectivity index (χ4n) is 0.817. The van der Waals surface area contributed by atoms with Crippen molar-refractivity contribution >= 4 is 6.21 Å². The summed E-state index contributed by atoms with van der Waals surface area (Å²) in [6, 6.07) is 6.93. The molecule has 2 N–H and O–H groups in total. The third-order valence-corrected chi connectivity index (χ3v) is 1.40. The number of aliphatic hydroxyl groups is 1. The first-order valence-electron chi connectivity index (χ1n) is 3.73. The van der Waals surface area contributed by atoms with Crippen molar-refractivity contribution < 1.29 is 10.2 Å². The van der Waals surface area contributed by atoms with E-state index in [0.29, 0.717) is 12.1 Å². The molecule has 0 bridgehead atoms. The first-order valence-corrected chi connectivity index (χ1v) is 3.73. The molecule has 0 spiro atoms. The molecule has 0 aliphatic rings. The molecule has 64 valence electrons. The maximum Gasteiger partial charge on any atom is 0.124 e. The molecule has 1 aromatic carbocycles. The molecule has 0 aromatic heterocycles. The second kappa shape index (κ2) is 4.51. The first kappa shape index (κ1) is 8.74. The van der Waals surface area contributed by atoms with Gasteiger partial charge in [-0.25, -0.2) is 0 Å². The van der Waals surface area contributed by atoms with Gasteiger partial charge in [-0.15, -0.1) is 0 Å². The number of hydrogen-bond acceptors (Lipinski definition) is 3. The average Bonchev–Trinajstić information content (AvgIpc) is 2.09. The fraction of sp³-hybridized carbons (Fsp3) is 0.222. The van der Waals surface area contributed by atoms with E-state index in [9.17, 15) is 5.11 Å². The molecule has 1 aromatic rings. The molecule has 1 rings (SSSR count). The molecule has 12 heavy (non-hydrogen) atoms. The van der Waals surface area contributed by atoms with Gasteiger partial charge in [-0.1, -0.05) is 12.1 Å². The van der Waals surface area contributed by atoms with Gasteiger partial charge in [0.25, 0.3) is 0 Å². The number of benzene rings is 1. The molecule has 0 fully saturated rings. The van der Waals surface area contributed by atoms with Gasteiger partial charge in [0.15, 0.2) is 0 Å². The molecule has 3 nitrogen and oxygen atoms in total. The van der Waals surface area contributed by atoms with Crippen molar-refractivity contribution in [2.45, 2.75) is 0 Å². The first-order chi connectivity index (χ1) is 5.84. The summed E-state index contributed by atoms with van der Waals surface area (Å²) in [5, 5.41) is 17.7. The van der Waals surface area contributed by atoms with Crippen LogP contribution in [0.15, 0.2) is 29.3 Å². The van der Waals surface area contributed by atoms with Crippen LogP contribution in [0.25, 0.3) is 0 Å². The Hall–Kier alpha value is -1.35. The summed E-state index contributed by atoms with van der Waals surface area (Å²) in [6.45, 7) is 0.401. The van der Waals surface area contributed by atoms with E-state index >= 15 is 0 Å². The number of rotatable bonds is 3. The van der Waals surface area contributed by atoms with Crippen LogP contribution < -0.4 is 0 Å². The second-order valence-electron chi connectivity index (χ2n) is 2.32. The summed E-state index contributed by atoms with van der Waals surface area (Å²) in [6.07, 6.45) is 1.55. The fourth-order valence-corrected chi connectivity index (χ4v) is 0.817. The Balaban J connectivity index is 2.68. The third kappa shape index (κ3) is 2.36. The number of hydrogen-bond donors (Lipinski definition) is 2. The van der Waals surface area contributed by atoms with Crippen LogP contribution in [0.1, 0.15) is 5.56 Å². The summed E-state index contributed by atoms with van der Waals surface area (Å²) in [5.41, 5.74) is 0.672. The summed E-state index contributed by atoms with van der Waals surface area (Å²) in [7, 11) is 0. The highest BCUT2D eigenvalue weighted by molar-refractivity contribution is 5.83. The maximum absolute atomic E-state index is 9.26. The maximum atomic E-state index is 9.26. The van der Waals surface area contributed by atoms with E-state index in [0.717, 1.165) is 0 Å². The van der Waals surface area contributed by atoms with Gasteiger partial charge in [0.05, 0.1) is 13.2 Å². The lowest BCUT2D eigenvalue weighted by Crippen LogP contribution is -1.89. The van der Waals surface area contributed by atoms with Crippen LogP contribution in [-0.2, 0) is 0 Å². The van der Waals surface area contributed by atoms with Crippen molar-refractivity contribution in [3.8, 4) is 5.75 Å². The lowest BCUT2D eigenvalue weighted by atomic mass is 10.2. The summed E-state index contributed by atoms with van der Waals surface area (Å²) in [4.78, 5) is 3.89. The standard InChI is InChI=1S/C9H11NO2/c11-6-5-10-7-8-3-1-2-4-9(8)12/h1-4,7,11-12H,5-6H2/b10-7-. The minimum atomic E-state index is 0.0318. The highest BCUT2D eigenvalue weighted by atomic mass is 16.3. The quantitative estimate of drug-likeness (QED) is 0.651. The average molecular weight is 165 g/mol. The molecule has 3 heteroatoms. The third-order valence-electron chi connectivity index (χ3n) is 1.40. The van der Waals surface area contributed by atoms with Crippen LogP contribution in [0.2, 0.25) is 0 Å². The number of para-hydroxylation sites is 1. The molecule has 0 atom stereocenters. The normalized spacial score (nSPS) is 10.8. The van der Waals surface area contributed by atoms with Crippen molar-refractivity contribution in [2.75, 3.05) is 13.2 Å². The van der Waals surface area contributed by atoms with E-state index in [1.165, 1.54) is 0 Å². The SMILES string of the molecule is OCC/N=C\c1ccccc1O. The van der Waals surface area contributed by atoms with Gasteiger partial charge < -0.3 is 10.2 Å². The molecule has 0 radical (unpaired) electrons. The molecule has 0 aliphatic carbocycles. The van der Waals surface area contributed by atoms with E-state index in [-0.39, 0.29) is 12.4 Å². The van der Waals surface area contributed by atoms with Gasteiger partial charge in [-0.05, 0) is 12.1 Å². The Bertz CT molecular complexity index is 271. The minimum Gasteiger partial charge on any atom is -0.507 e. The number of aromatic hydroxyl groups is 1. The van der Waals surface area contributed by atoms with E-state index in [4.69, 9.17) is 5.11 Å². The summed E-state index contributed by atoms with van der Waals surface area (Å²) >= 11 is 0. The van der Waals surface area contributed by atoms with Crippen LogP contribution in [0.4, 0.5) is 0 Å². The Labute approximate surface area is 71.0 Å². The molecule has 0 heterocycles. The number of aliphatic imine (C=N–C) groups is 1. The Morgan fingerprint density at radius 3 is 2.75 bits per heavy atom. The van der Waals surface area contributed by atoms with Crippen LogP contribution in [-0.4, -0.2) is 29.6 Å². The predicted octanol–water partition coefficient (Wildman–Crippen LogP) is 0.803. The number of phenols is 1. The lowest BCUT2D eigenvalue weighted by molar-refractivity contribution is 0.307. The lowest BCUT2D eigenvalue weighted by Gasteiger charge is -1.95. The van der Waals surface area contributed by atoms with Crippen molar-refractivity contribution in [2.24, 2.45) is 4.99 Å². The zero-order valence-corrected chi connectivity index (χ0v) is 6.64. The van der Waals surface area contributed by atoms with Gasteiger partial charge in [-0.2, -0.15) is 0 Å². The van der Waals surface area contributed by atoms with Crippen molar-refractivity contribution in [1.82, 2.24) is 0 Å². The molecular formula is C9H11NO2. The number of phenolic OH excluding ortho intramolecular Hbond substituents is 1. The van der Waals surface area contributed by atoms with Crippen LogP contribution in [0.5, 0.6) is 5.75 Å². The summed E-state index contributed by atoms with van der Waals surface area (Å²) < 4.78 is 0. The Kier molecular flexibility index (Phi) is 3.29. The smallest absolute Gasteiger partial charge is 0.124 e. The zero-order valence-electron chi connectivity index (χ0n) is 6.64. The highest BCUT2D eigenvalue weighted by Crippen LogP contribution is 2.12. The molecule has 0 unspecified atom stereocenters. The summed E-state index contributed by atoms with van der Waals surface area (Å²) in [5.74, 6) is 0.208. The van der Waals surface area contributed by atoms with E-state index in [1.807, 2.05) is 6.07 Å². The van der Waals surface area contributed by atoms with Crippen molar-refractivity contribution in [3.05, 3.63) is 29.8 Å². The van der Waals surface area contributed by atoms with Gasteiger partial charge in [0, 0.05) is 11.8 Å². The van der Waals surface area contributed by atoms with Crippen LogP contribution >= 0.6 is 0 Å². The van der Waals surface area contributed by atoms with Gasteiger partial charge in [0.1, 0.15) is 5.75 Å². The van der Waals surface area contributed by atoms with Gasteiger partial charge >= 0.3 is 0 Å². The Morgan fingerprint density at radius 1 is 1.33 bits per heavy atom. The molecular weight excluding hydrogens is 154 g/mol. The van der Waals surface area contributed by atoms with E-state index < -0.39 is 0 Å². The van der Waals surface area contributed by atoms with Gasteiger partial charge in [-0.3, -0.25) is 4.99 Å². The second-order valence-corrected chi connectivity index (χ2v) is 2.32. The predicted molar refractivity (Wildman–Crippen MR) is 47.7 cm³/mol. The molecule has 0 amide bonds. The Morgan fingerprint density at radius 2 is 2.08 bits per heavy atom. The number of aliphatic hydroxyl groups excluding tert-OH is 1. The molecule has 0 saturated carbocycles. The van der Waals surface area contributed by atoms with Crippen LogP contribution in [0.3, 0.4) is 0 Å². The van der Waals surface area contributed by atoms with Crippen molar-refractivity contribution in [1.29, 1.82) is 0 Å². The largest absolute Gasteiger partial charge is 0.507 e. The van der Waals surface area contributed by atoms with Crippen LogP contribution in [0, 0.1) is 0 Å². The van der Waals surface area contributed by atoms with Gasteiger partial charge in [0.2, 0.25) is 0 Å². The molecule has 0 aliphatic heterocycles. The highest BCUT2D eigenvalue weighted by Gasteiger charge is 1.92. The zero-order chi connectivity index (χ0) is 8.81. The number of nitrogens with zero attached hydrogens (tertiary/aromatic N) is 1. The van der Waals surface area contributed by atoms with Crippen molar-refractivity contribution in [3.63, 3.8) is 0 Å². The monoisotopic (exact) mass is 165 g/mol. The van der Waals surface area contributed by atoms with E-state index in [1.54, 1.807) is 24.4 Å².